The fraction of sp³-hybridized carbons (Fsp3) is 0.333. The minimum absolute atomic E-state index is 0.124. The van der Waals surface area contributed by atoms with E-state index in [4.69, 9.17) is 0 Å². The predicted molar refractivity (Wildman–Crippen MR) is 66.5 cm³/mol. The van der Waals surface area contributed by atoms with E-state index >= 15 is 0 Å². The number of nitrogens with one attached hydrogen (secondary N) is 1. The van der Waals surface area contributed by atoms with Crippen molar-refractivity contribution < 1.29 is 23.3 Å². The van der Waals surface area contributed by atoms with Gasteiger partial charge in [-0.1, -0.05) is 0 Å². The third-order valence-corrected chi connectivity index (χ3v) is 3.03. The number of benzene rings is 1. The molecule has 1 aromatic rings. The van der Waals surface area contributed by atoms with Gasteiger partial charge in [0.1, 0.15) is 11.4 Å². The van der Waals surface area contributed by atoms with E-state index in [9.17, 15) is 28.5 Å². The first-order chi connectivity index (χ1) is 9.91. The van der Waals surface area contributed by atoms with Crippen LogP contribution in [0.2, 0.25) is 0 Å². The monoisotopic (exact) mass is 299 g/mol. The molecule has 1 aliphatic rings. The molecule has 1 aromatic carbocycles. The molecule has 0 saturated carbocycles. The maximum absolute atomic E-state index is 14.0. The number of hydrogen-bond donors (Lipinski definition) is 1. The predicted octanol–water partition coefficient (Wildman–Crippen LogP) is 0.835. The van der Waals surface area contributed by atoms with Crippen molar-refractivity contribution in [1.82, 2.24) is 10.2 Å². The summed E-state index contributed by atoms with van der Waals surface area (Å²) in [6.07, 6.45) is 0.426. The number of hydrogen-bond acceptors (Lipinski definition) is 4. The second-order valence-corrected chi connectivity index (χ2v) is 4.44. The van der Waals surface area contributed by atoms with E-state index in [1.165, 1.54) is 0 Å². The molecule has 1 saturated heterocycles. The highest BCUT2D eigenvalue weighted by Crippen LogP contribution is 2.24. The highest BCUT2D eigenvalue weighted by atomic mass is 19.1. The molecule has 7 nitrogen and oxygen atoms in total. The fourth-order valence-electron chi connectivity index (χ4n) is 2.02. The second-order valence-electron chi connectivity index (χ2n) is 4.44. The molecule has 9 heteroatoms. The van der Waals surface area contributed by atoms with E-state index in [1.54, 1.807) is 0 Å². The Morgan fingerprint density at radius 2 is 2.10 bits per heavy atom. The first kappa shape index (κ1) is 14.8. The number of rotatable bonds is 2. The van der Waals surface area contributed by atoms with Crippen LogP contribution in [0.1, 0.15) is 16.8 Å². The van der Waals surface area contributed by atoms with Gasteiger partial charge in [0, 0.05) is 19.2 Å². The van der Waals surface area contributed by atoms with Gasteiger partial charge in [0.15, 0.2) is 0 Å². The third-order valence-electron chi connectivity index (χ3n) is 3.03. The number of amides is 2. The van der Waals surface area contributed by atoms with Crippen LogP contribution in [-0.4, -0.2) is 41.3 Å². The lowest BCUT2D eigenvalue weighted by atomic mass is 10.1. The quantitative estimate of drug-likeness (QED) is 0.647. The molecular weight excluding hydrogens is 288 g/mol. The highest BCUT2D eigenvalue weighted by molar-refractivity contribution is 5.97. The zero-order valence-electron chi connectivity index (χ0n) is 10.8. The molecule has 1 heterocycles. The average Bonchev–Trinajstić information content (AvgIpc) is 2.62. The molecule has 0 aliphatic carbocycles. The van der Waals surface area contributed by atoms with Gasteiger partial charge in [-0.15, -0.1) is 0 Å². The zero-order valence-corrected chi connectivity index (χ0v) is 10.8. The Balaban J connectivity index is 2.40. The van der Waals surface area contributed by atoms with Crippen LogP contribution < -0.4 is 5.32 Å². The topological polar surface area (TPSA) is 92.5 Å². The van der Waals surface area contributed by atoms with Crippen molar-refractivity contribution in [3.05, 3.63) is 39.4 Å². The van der Waals surface area contributed by atoms with Gasteiger partial charge in [0.05, 0.1) is 11.5 Å². The van der Waals surface area contributed by atoms with Crippen molar-refractivity contribution in [3.63, 3.8) is 0 Å². The van der Waals surface area contributed by atoms with Crippen molar-refractivity contribution in [2.75, 3.05) is 19.6 Å². The van der Waals surface area contributed by atoms with Crippen LogP contribution in [-0.2, 0) is 4.79 Å². The van der Waals surface area contributed by atoms with Gasteiger partial charge in [0.25, 0.3) is 5.91 Å². The van der Waals surface area contributed by atoms with Gasteiger partial charge >= 0.3 is 5.69 Å². The van der Waals surface area contributed by atoms with Crippen LogP contribution in [0.4, 0.5) is 14.5 Å². The SMILES string of the molecule is O=C1CN(C(=O)c2c(F)ccc([N+](=O)[O-])c2F)CCCN1. The first-order valence-electron chi connectivity index (χ1n) is 6.10. The lowest BCUT2D eigenvalue weighted by Gasteiger charge is -2.19. The Hall–Kier alpha value is -2.58. The Bertz CT molecular complexity index is 621. The van der Waals surface area contributed by atoms with E-state index in [-0.39, 0.29) is 13.1 Å². The molecule has 1 fully saturated rings. The average molecular weight is 299 g/mol. The molecule has 1 aliphatic heterocycles. The Labute approximate surface area is 117 Å². The van der Waals surface area contributed by atoms with Crippen LogP contribution in [0.3, 0.4) is 0 Å². The minimum Gasteiger partial charge on any atom is -0.354 e. The van der Waals surface area contributed by atoms with Gasteiger partial charge in [-0.25, -0.2) is 4.39 Å². The largest absolute Gasteiger partial charge is 0.354 e. The molecular formula is C12H11F2N3O4. The summed E-state index contributed by atoms with van der Waals surface area (Å²) < 4.78 is 27.6. The van der Waals surface area contributed by atoms with Crippen molar-refractivity contribution in [2.45, 2.75) is 6.42 Å². The van der Waals surface area contributed by atoms with Crippen LogP contribution in [0.5, 0.6) is 0 Å². The summed E-state index contributed by atoms with van der Waals surface area (Å²) in [6, 6.07) is 1.31. The van der Waals surface area contributed by atoms with Gasteiger partial charge < -0.3 is 10.2 Å². The lowest BCUT2D eigenvalue weighted by Crippen LogP contribution is -2.38. The van der Waals surface area contributed by atoms with Gasteiger partial charge in [-0.2, -0.15) is 4.39 Å². The van der Waals surface area contributed by atoms with Crippen molar-refractivity contribution in [2.24, 2.45) is 0 Å². The van der Waals surface area contributed by atoms with Crippen molar-refractivity contribution in [1.29, 1.82) is 0 Å². The molecule has 21 heavy (non-hydrogen) atoms. The summed E-state index contributed by atoms with van der Waals surface area (Å²) in [5.74, 6) is -4.26. The van der Waals surface area contributed by atoms with Crippen LogP contribution >= 0.6 is 0 Å². The van der Waals surface area contributed by atoms with E-state index in [2.05, 4.69) is 5.32 Å². The van der Waals surface area contributed by atoms with Gasteiger partial charge in [-0.3, -0.25) is 19.7 Å². The standard InChI is InChI=1S/C12H11F2N3O4/c13-7-2-3-8(17(20)21)11(14)10(7)12(19)16-5-1-4-15-9(18)6-16/h2-3H,1,4-6H2,(H,15,18). The molecule has 112 valence electrons. The summed E-state index contributed by atoms with van der Waals surface area (Å²) in [4.78, 5) is 34.1. The molecule has 0 unspecified atom stereocenters. The molecule has 0 atom stereocenters. The first-order valence-corrected chi connectivity index (χ1v) is 6.10. The number of nitro benzene ring substituents is 1. The Morgan fingerprint density at radius 3 is 2.76 bits per heavy atom. The Kier molecular flexibility index (Phi) is 4.10. The fourth-order valence-corrected chi connectivity index (χ4v) is 2.02. The maximum Gasteiger partial charge on any atom is 0.305 e. The van der Waals surface area contributed by atoms with Gasteiger partial charge in [-0.05, 0) is 12.5 Å². The summed E-state index contributed by atoms with van der Waals surface area (Å²) in [5.41, 5.74) is -2.00. The summed E-state index contributed by atoms with van der Waals surface area (Å²) in [7, 11) is 0. The van der Waals surface area contributed by atoms with E-state index < -0.39 is 39.6 Å². The van der Waals surface area contributed by atoms with E-state index in [0.29, 0.717) is 25.1 Å². The molecule has 2 rings (SSSR count). The summed E-state index contributed by atoms with van der Waals surface area (Å²) >= 11 is 0. The third kappa shape index (κ3) is 2.96. The number of halogens is 2. The maximum atomic E-state index is 14.0. The molecule has 0 spiro atoms. The molecule has 1 N–H and O–H groups in total. The normalized spacial score (nSPS) is 15.3. The van der Waals surface area contributed by atoms with Crippen LogP contribution in [0.25, 0.3) is 0 Å². The van der Waals surface area contributed by atoms with E-state index in [1.807, 2.05) is 0 Å². The van der Waals surface area contributed by atoms with Crippen molar-refractivity contribution in [3.8, 4) is 0 Å². The summed E-state index contributed by atoms with van der Waals surface area (Å²) in [6.45, 7) is 0.127. The van der Waals surface area contributed by atoms with E-state index in [0.717, 1.165) is 4.90 Å². The molecule has 2 amide bonds. The van der Waals surface area contributed by atoms with Crippen LogP contribution in [0, 0.1) is 21.7 Å². The Morgan fingerprint density at radius 1 is 1.38 bits per heavy atom. The molecule has 0 radical (unpaired) electrons. The lowest BCUT2D eigenvalue weighted by molar-refractivity contribution is -0.387. The molecule has 0 bridgehead atoms. The van der Waals surface area contributed by atoms with Crippen LogP contribution in [0.15, 0.2) is 12.1 Å². The number of nitrogens with zero attached hydrogens (tertiary/aromatic N) is 2. The summed E-state index contributed by atoms with van der Waals surface area (Å²) in [5, 5.41) is 13.2. The van der Waals surface area contributed by atoms with Crippen molar-refractivity contribution >= 4 is 17.5 Å². The second kappa shape index (κ2) is 5.81. The number of carbonyl (C=O) groups is 2. The number of carbonyl (C=O) groups excluding carboxylic acids is 2. The minimum atomic E-state index is -1.53. The number of nitro groups is 1. The smallest absolute Gasteiger partial charge is 0.305 e. The molecule has 0 aromatic heterocycles. The zero-order chi connectivity index (χ0) is 15.6. The van der Waals surface area contributed by atoms with Gasteiger partial charge in [0.2, 0.25) is 11.7 Å². The highest BCUT2D eigenvalue weighted by Gasteiger charge is 2.30.